The number of nitrogens with one attached hydrogen (secondary N) is 1. The summed E-state index contributed by atoms with van der Waals surface area (Å²) >= 11 is 0. The smallest absolute Gasteiger partial charge is 0.259 e. The van der Waals surface area contributed by atoms with Gasteiger partial charge in [-0.05, 0) is 19.3 Å². The molecule has 0 fully saturated rings. The highest BCUT2D eigenvalue weighted by Gasteiger charge is 2.22. The molecule has 0 saturated heterocycles. The summed E-state index contributed by atoms with van der Waals surface area (Å²) in [6.07, 6.45) is 4.42. The van der Waals surface area contributed by atoms with E-state index in [1.807, 2.05) is 18.4 Å². The molecule has 7 heteroatoms. The van der Waals surface area contributed by atoms with E-state index in [1.54, 1.807) is 6.20 Å². The summed E-state index contributed by atoms with van der Waals surface area (Å²) in [5.74, 6) is 1.04. The number of imidazole rings is 1. The van der Waals surface area contributed by atoms with Crippen molar-refractivity contribution in [3.05, 3.63) is 12.0 Å². The zero-order valence-corrected chi connectivity index (χ0v) is 14.3. The van der Waals surface area contributed by atoms with Gasteiger partial charge in [0.15, 0.2) is 5.03 Å². The van der Waals surface area contributed by atoms with Crippen LogP contribution in [0.25, 0.3) is 0 Å². The van der Waals surface area contributed by atoms with Crippen molar-refractivity contribution in [1.29, 1.82) is 0 Å². The van der Waals surface area contributed by atoms with Crippen molar-refractivity contribution >= 4 is 10.0 Å². The van der Waals surface area contributed by atoms with E-state index >= 15 is 0 Å². The van der Waals surface area contributed by atoms with E-state index in [0.29, 0.717) is 11.7 Å². The van der Waals surface area contributed by atoms with Gasteiger partial charge in [-0.2, -0.15) is 0 Å². The molecule has 1 aromatic heterocycles. The topological polar surface area (TPSA) is 90.0 Å². The third-order valence-corrected chi connectivity index (χ3v) is 5.15. The fraction of sp³-hybridized carbons (Fsp3) is 0.786. The second-order valence-electron chi connectivity index (χ2n) is 5.41. The SMILES string of the molecule is CCCn1cc(S(=O)(=O)NCC(N)C(CC)CC)nc1C. The lowest BCUT2D eigenvalue weighted by molar-refractivity contribution is 0.392. The van der Waals surface area contributed by atoms with Gasteiger partial charge in [-0.3, -0.25) is 0 Å². The van der Waals surface area contributed by atoms with Crippen LogP contribution in [0.4, 0.5) is 0 Å². The molecular formula is C14H28N4O2S. The monoisotopic (exact) mass is 316 g/mol. The van der Waals surface area contributed by atoms with Crippen LogP contribution >= 0.6 is 0 Å². The van der Waals surface area contributed by atoms with Gasteiger partial charge in [-0.15, -0.1) is 0 Å². The van der Waals surface area contributed by atoms with Crippen molar-refractivity contribution in [3.8, 4) is 0 Å². The van der Waals surface area contributed by atoms with Crippen LogP contribution in [0, 0.1) is 12.8 Å². The third kappa shape index (κ3) is 4.79. The molecule has 0 aliphatic heterocycles. The first kappa shape index (κ1) is 18.1. The molecule has 0 radical (unpaired) electrons. The van der Waals surface area contributed by atoms with Gasteiger partial charge in [0.25, 0.3) is 10.0 Å². The van der Waals surface area contributed by atoms with Gasteiger partial charge in [-0.1, -0.05) is 33.6 Å². The first-order valence-electron chi connectivity index (χ1n) is 7.64. The van der Waals surface area contributed by atoms with Crippen molar-refractivity contribution in [1.82, 2.24) is 14.3 Å². The van der Waals surface area contributed by atoms with E-state index in [9.17, 15) is 8.42 Å². The minimum atomic E-state index is -3.59. The largest absolute Gasteiger partial charge is 0.334 e. The summed E-state index contributed by atoms with van der Waals surface area (Å²) < 4.78 is 29.0. The maximum atomic E-state index is 12.3. The lowest BCUT2D eigenvalue weighted by Gasteiger charge is -2.21. The minimum Gasteiger partial charge on any atom is -0.334 e. The Morgan fingerprint density at radius 1 is 1.33 bits per heavy atom. The molecule has 21 heavy (non-hydrogen) atoms. The van der Waals surface area contributed by atoms with Crippen molar-refractivity contribution in [2.24, 2.45) is 11.7 Å². The van der Waals surface area contributed by atoms with Crippen LogP contribution in [0.3, 0.4) is 0 Å². The fourth-order valence-electron chi connectivity index (χ4n) is 2.42. The lowest BCUT2D eigenvalue weighted by Crippen LogP contribution is -2.41. The summed E-state index contributed by atoms with van der Waals surface area (Å²) in [6.45, 7) is 9.00. The summed E-state index contributed by atoms with van der Waals surface area (Å²) in [5.41, 5.74) is 6.05. The van der Waals surface area contributed by atoms with E-state index in [-0.39, 0.29) is 17.6 Å². The predicted octanol–water partition coefficient (Wildman–Crippen LogP) is 1.64. The van der Waals surface area contributed by atoms with Crippen LogP contribution in [-0.4, -0.2) is 30.6 Å². The molecule has 1 aromatic rings. The number of nitrogens with zero attached hydrogens (tertiary/aromatic N) is 2. The highest BCUT2D eigenvalue weighted by atomic mass is 32.2. The molecule has 0 spiro atoms. The van der Waals surface area contributed by atoms with Crippen molar-refractivity contribution < 1.29 is 8.42 Å². The summed E-state index contributed by atoms with van der Waals surface area (Å²) in [5, 5.41) is 0.0743. The minimum absolute atomic E-state index is 0.0743. The standard InChI is InChI=1S/C14H28N4O2S/c1-5-8-18-10-14(17-11(18)4)21(19,20)16-9-13(15)12(6-2)7-3/h10,12-13,16H,5-9,15H2,1-4H3. The Hall–Kier alpha value is -0.920. The molecule has 1 atom stereocenters. The summed E-state index contributed by atoms with van der Waals surface area (Å²) in [4.78, 5) is 4.14. The van der Waals surface area contributed by atoms with E-state index in [2.05, 4.69) is 23.6 Å². The van der Waals surface area contributed by atoms with Crippen LogP contribution in [0.2, 0.25) is 0 Å². The van der Waals surface area contributed by atoms with Gasteiger partial charge in [0.2, 0.25) is 0 Å². The normalized spacial score (nSPS) is 13.8. The second kappa shape index (κ2) is 7.91. The maximum Gasteiger partial charge on any atom is 0.259 e. The van der Waals surface area contributed by atoms with Gasteiger partial charge in [0.05, 0.1) is 0 Å². The Kier molecular flexibility index (Phi) is 6.83. The van der Waals surface area contributed by atoms with Gasteiger partial charge in [0, 0.05) is 25.3 Å². The van der Waals surface area contributed by atoms with E-state index < -0.39 is 10.0 Å². The quantitative estimate of drug-likeness (QED) is 0.725. The van der Waals surface area contributed by atoms with Gasteiger partial charge < -0.3 is 10.3 Å². The van der Waals surface area contributed by atoms with Gasteiger partial charge in [0.1, 0.15) is 5.82 Å². The summed E-state index contributed by atoms with van der Waals surface area (Å²) in [6, 6.07) is -0.173. The Morgan fingerprint density at radius 2 is 1.95 bits per heavy atom. The first-order valence-corrected chi connectivity index (χ1v) is 9.12. The Morgan fingerprint density at radius 3 is 2.48 bits per heavy atom. The molecule has 1 heterocycles. The van der Waals surface area contributed by atoms with E-state index in [4.69, 9.17) is 5.73 Å². The Balaban J connectivity index is 2.75. The number of hydrogen-bond acceptors (Lipinski definition) is 4. The molecule has 1 unspecified atom stereocenters. The van der Waals surface area contributed by atoms with Crippen LogP contribution in [0.5, 0.6) is 0 Å². The number of rotatable bonds is 9. The molecule has 3 N–H and O–H groups in total. The van der Waals surface area contributed by atoms with Crippen LogP contribution in [0.15, 0.2) is 11.2 Å². The molecule has 122 valence electrons. The predicted molar refractivity (Wildman–Crippen MR) is 84.5 cm³/mol. The zero-order chi connectivity index (χ0) is 16.0. The average molecular weight is 316 g/mol. The van der Waals surface area contributed by atoms with Crippen molar-refractivity contribution in [3.63, 3.8) is 0 Å². The zero-order valence-electron chi connectivity index (χ0n) is 13.5. The molecule has 0 bridgehead atoms. The number of aryl methyl sites for hydroxylation is 2. The number of aromatic nitrogens is 2. The van der Waals surface area contributed by atoms with E-state index in [1.165, 1.54) is 0 Å². The van der Waals surface area contributed by atoms with Crippen LogP contribution < -0.4 is 10.5 Å². The third-order valence-electron chi connectivity index (χ3n) is 3.86. The number of nitrogens with two attached hydrogens (primary N) is 1. The first-order chi connectivity index (χ1) is 9.85. The maximum absolute atomic E-state index is 12.3. The highest BCUT2D eigenvalue weighted by molar-refractivity contribution is 7.89. The molecule has 0 aliphatic carbocycles. The Labute approximate surface area is 128 Å². The summed E-state index contributed by atoms with van der Waals surface area (Å²) in [7, 11) is -3.59. The van der Waals surface area contributed by atoms with Crippen molar-refractivity contribution in [2.45, 2.75) is 64.6 Å². The Bertz CT molecular complexity index is 535. The fourth-order valence-corrected chi connectivity index (χ4v) is 3.49. The molecule has 6 nitrogen and oxygen atoms in total. The molecular weight excluding hydrogens is 288 g/mol. The van der Waals surface area contributed by atoms with E-state index in [0.717, 1.165) is 25.8 Å². The molecule has 0 saturated carbocycles. The number of hydrogen-bond donors (Lipinski definition) is 2. The second-order valence-corrected chi connectivity index (χ2v) is 7.13. The molecule has 0 amide bonds. The molecule has 1 rings (SSSR count). The molecule has 0 aliphatic rings. The van der Waals surface area contributed by atoms with Crippen LogP contribution in [-0.2, 0) is 16.6 Å². The van der Waals surface area contributed by atoms with Crippen LogP contribution in [0.1, 0.15) is 45.9 Å². The molecule has 0 aromatic carbocycles. The lowest BCUT2D eigenvalue weighted by atomic mass is 9.95. The average Bonchev–Trinajstić information content (AvgIpc) is 2.81. The van der Waals surface area contributed by atoms with Gasteiger partial charge >= 0.3 is 0 Å². The van der Waals surface area contributed by atoms with Crippen molar-refractivity contribution in [2.75, 3.05) is 6.54 Å². The number of sulfonamides is 1. The highest BCUT2D eigenvalue weighted by Crippen LogP contribution is 2.13. The van der Waals surface area contributed by atoms with Gasteiger partial charge in [-0.25, -0.2) is 18.1 Å².